The zero-order chi connectivity index (χ0) is 20.6. The maximum Gasteiger partial charge on any atom is 0.191 e. The molecule has 0 saturated heterocycles. The summed E-state index contributed by atoms with van der Waals surface area (Å²) >= 11 is 0. The summed E-state index contributed by atoms with van der Waals surface area (Å²) in [5.41, 5.74) is 0.826. The number of hydrogen-bond donors (Lipinski definition) is 3. The Morgan fingerprint density at radius 1 is 1.23 bits per heavy atom. The highest BCUT2D eigenvalue weighted by atomic mass is 127. The Bertz CT molecular complexity index is 662. The Kier molecular flexibility index (Phi) is 10.7. The average molecular weight is 530 g/mol. The van der Waals surface area contributed by atoms with Crippen LogP contribution in [-0.2, 0) is 0 Å². The maximum absolute atomic E-state index is 10.6. The van der Waals surface area contributed by atoms with Gasteiger partial charge in [0.1, 0.15) is 5.75 Å². The van der Waals surface area contributed by atoms with Gasteiger partial charge >= 0.3 is 0 Å². The SMILES string of the molecule is CCNC(=NCC(O)c1cccc(OC(C)C)c1)NCCN(CC1CC1)C1CC1.I. The van der Waals surface area contributed by atoms with Gasteiger partial charge in [0.25, 0.3) is 0 Å². The summed E-state index contributed by atoms with van der Waals surface area (Å²) in [7, 11) is 0. The van der Waals surface area contributed by atoms with Gasteiger partial charge < -0.3 is 20.5 Å². The molecule has 170 valence electrons. The van der Waals surface area contributed by atoms with Crippen molar-refractivity contribution in [3.63, 3.8) is 0 Å². The molecule has 3 rings (SSSR count). The number of hydrogen-bond acceptors (Lipinski definition) is 4. The summed E-state index contributed by atoms with van der Waals surface area (Å²) in [6.45, 7) is 10.4. The largest absolute Gasteiger partial charge is 0.491 e. The Labute approximate surface area is 198 Å². The van der Waals surface area contributed by atoms with Crippen LogP contribution in [0.25, 0.3) is 0 Å². The Morgan fingerprint density at radius 2 is 2.00 bits per heavy atom. The molecule has 2 fully saturated rings. The maximum atomic E-state index is 10.6. The predicted molar refractivity (Wildman–Crippen MR) is 134 cm³/mol. The van der Waals surface area contributed by atoms with Crippen molar-refractivity contribution >= 4 is 29.9 Å². The third-order valence-corrected chi connectivity index (χ3v) is 5.33. The van der Waals surface area contributed by atoms with Gasteiger partial charge in [-0.25, -0.2) is 0 Å². The third kappa shape index (κ3) is 8.98. The first-order chi connectivity index (χ1) is 14.0. The summed E-state index contributed by atoms with van der Waals surface area (Å²) in [5.74, 6) is 2.48. The molecule has 3 N–H and O–H groups in total. The molecule has 1 aromatic carbocycles. The van der Waals surface area contributed by atoms with Crippen molar-refractivity contribution in [1.29, 1.82) is 0 Å². The van der Waals surface area contributed by atoms with Crippen LogP contribution in [0.5, 0.6) is 5.75 Å². The highest BCUT2D eigenvalue weighted by Gasteiger charge is 2.33. The molecule has 0 aliphatic heterocycles. The molecule has 1 aromatic rings. The van der Waals surface area contributed by atoms with E-state index >= 15 is 0 Å². The van der Waals surface area contributed by atoms with Crippen LogP contribution in [0.3, 0.4) is 0 Å². The average Bonchev–Trinajstić information content (AvgIpc) is 3.58. The van der Waals surface area contributed by atoms with E-state index in [1.54, 1.807) is 0 Å². The monoisotopic (exact) mass is 530 g/mol. The first-order valence-electron chi connectivity index (χ1n) is 11.3. The first-order valence-corrected chi connectivity index (χ1v) is 11.3. The van der Waals surface area contributed by atoms with E-state index in [9.17, 15) is 5.11 Å². The van der Waals surface area contributed by atoms with E-state index < -0.39 is 6.10 Å². The zero-order valence-electron chi connectivity index (χ0n) is 18.6. The lowest BCUT2D eigenvalue weighted by molar-refractivity contribution is 0.185. The molecule has 2 aliphatic rings. The number of ether oxygens (including phenoxy) is 1. The molecule has 0 spiro atoms. The van der Waals surface area contributed by atoms with Crippen molar-refractivity contribution in [2.75, 3.05) is 32.7 Å². The van der Waals surface area contributed by atoms with Crippen LogP contribution in [0, 0.1) is 5.92 Å². The van der Waals surface area contributed by atoms with E-state index in [1.807, 2.05) is 38.1 Å². The molecule has 0 aromatic heterocycles. The second-order valence-corrected chi connectivity index (χ2v) is 8.57. The topological polar surface area (TPSA) is 69.1 Å². The molecule has 2 saturated carbocycles. The van der Waals surface area contributed by atoms with Crippen molar-refractivity contribution in [1.82, 2.24) is 15.5 Å². The minimum Gasteiger partial charge on any atom is -0.491 e. The number of rotatable bonds is 12. The molecule has 7 heteroatoms. The normalized spacial score (nSPS) is 17.6. The molecule has 30 heavy (non-hydrogen) atoms. The minimum absolute atomic E-state index is 0. The molecule has 2 aliphatic carbocycles. The van der Waals surface area contributed by atoms with E-state index in [2.05, 4.69) is 27.4 Å². The Hall–Kier alpha value is -1.06. The van der Waals surface area contributed by atoms with E-state index in [4.69, 9.17) is 4.74 Å². The fraction of sp³-hybridized carbons (Fsp3) is 0.696. The summed E-state index contributed by atoms with van der Waals surface area (Å²) in [6.07, 6.45) is 4.97. The van der Waals surface area contributed by atoms with Gasteiger partial charge in [0, 0.05) is 32.2 Å². The van der Waals surface area contributed by atoms with Gasteiger partial charge in [-0.15, -0.1) is 24.0 Å². The lowest BCUT2D eigenvalue weighted by atomic mass is 10.1. The number of benzene rings is 1. The fourth-order valence-electron chi connectivity index (χ4n) is 3.50. The molecule has 0 bridgehead atoms. The van der Waals surface area contributed by atoms with Gasteiger partial charge in [-0.2, -0.15) is 0 Å². The Balaban J connectivity index is 0.00000320. The highest BCUT2D eigenvalue weighted by Crippen LogP contribution is 2.34. The lowest BCUT2D eigenvalue weighted by Crippen LogP contribution is -2.42. The van der Waals surface area contributed by atoms with Crippen LogP contribution in [0.4, 0.5) is 0 Å². The highest BCUT2D eigenvalue weighted by molar-refractivity contribution is 14.0. The van der Waals surface area contributed by atoms with Gasteiger partial charge in [0.15, 0.2) is 5.96 Å². The van der Waals surface area contributed by atoms with Crippen LogP contribution in [-0.4, -0.2) is 60.8 Å². The third-order valence-electron chi connectivity index (χ3n) is 5.33. The minimum atomic E-state index is -0.654. The number of aliphatic hydroxyl groups is 1. The van der Waals surface area contributed by atoms with E-state index in [-0.39, 0.29) is 30.1 Å². The van der Waals surface area contributed by atoms with Gasteiger partial charge in [-0.1, -0.05) is 12.1 Å². The van der Waals surface area contributed by atoms with Crippen molar-refractivity contribution in [3.05, 3.63) is 29.8 Å². The van der Waals surface area contributed by atoms with E-state index in [0.29, 0.717) is 6.54 Å². The van der Waals surface area contributed by atoms with Crippen molar-refractivity contribution in [3.8, 4) is 5.75 Å². The summed E-state index contributed by atoms with van der Waals surface area (Å²) in [6, 6.07) is 8.44. The van der Waals surface area contributed by atoms with Crippen LogP contribution in [0.2, 0.25) is 0 Å². The standard InChI is InChI=1S/C23H38N4O2.HI/c1-4-24-23(25-12-13-27(20-10-11-20)16-18-8-9-18)26-15-22(28)19-6-5-7-21(14-19)29-17(2)3;/h5-7,14,17-18,20,22,28H,4,8-13,15-16H2,1-3H3,(H2,24,25,26);1H. The number of halogens is 1. The van der Waals surface area contributed by atoms with Crippen molar-refractivity contribution < 1.29 is 9.84 Å². The quantitative estimate of drug-likeness (QED) is 0.219. The Morgan fingerprint density at radius 3 is 2.63 bits per heavy atom. The number of aliphatic imine (C=N–C) groups is 1. The van der Waals surface area contributed by atoms with Gasteiger partial charge in [0.05, 0.1) is 18.8 Å². The molecule has 0 heterocycles. The molecule has 1 atom stereocenters. The molecule has 0 amide bonds. The van der Waals surface area contributed by atoms with Crippen LogP contribution in [0.15, 0.2) is 29.3 Å². The molecule has 1 unspecified atom stereocenters. The predicted octanol–water partition coefficient (Wildman–Crippen LogP) is 3.55. The second kappa shape index (κ2) is 12.7. The number of nitrogens with one attached hydrogen (secondary N) is 2. The van der Waals surface area contributed by atoms with E-state index in [1.165, 1.54) is 32.2 Å². The summed E-state index contributed by atoms with van der Waals surface area (Å²) in [4.78, 5) is 7.24. The molecular weight excluding hydrogens is 491 g/mol. The van der Waals surface area contributed by atoms with Gasteiger partial charge in [-0.3, -0.25) is 9.89 Å². The van der Waals surface area contributed by atoms with Gasteiger partial charge in [-0.05, 0) is 70.1 Å². The molecular formula is C23H39IN4O2. The zero-order valence-corrected chi connectivity index (χ0v) is 21.0. The first kappa shape index (κ1) is 25.2. The fourth-order valence-corrected chi connectivity index (χ4v) is 3.50. The number of aliphatic hydroxyl groups excluding tert-OH is 1. The molecule has 0 radical (unpaired) electrons. The van der Waals surface area contributed by atoms with Crippen LogP contribution >= 0.6 is 24.0 Å². The second-order valence-electron chi connectivity index (χ2n) is 8.57. The van der Waals surface area contributed by atoms with Crippen molar-refractivity contribution in [2.24, 2.45) is 10.9 Å². The number of guanidine groups is 1. The summed E-state index contributed by atoms with van der Waals surface area (Å²) < 4.78 is 5.72. The van der Waals surface area contributed by atoms with E-state index in [0.717, 1.165) is 48.9 Å². The van der Waals surface area contributed by atoms with Crippen molar-refractivity contribution in [2.45, 2.75) is 64.7 Å². The smallest absolute Gasteiger partial charge is 0.191 e. The summed E-state index contributed by atoms with van der Waals surface area (Å²) in [5, 5.41) is 17.3. The lowest BCUT2D eigenvalue weighted by Gasteiger charge is -2.22. The van der Waals surface area contributed by atoms with Crippen LogP contribution < -0.4 is 15.4 Å². The van der Waals surface area contributed by atoms with Crippen LogP contribution in [0.1, 0.15) is 58.1 Å². The number of nitrogens with zero attached hydrogens (tertiary/aromatic N) is 2. The van der Waals surface area contributed by atoms with Gasteiger partial charge in [0.2, 0.25) is 0 Å². The molecule has 6 nitrogen and oxygen atoms in total.